The molecule has 0 unspecified atom stereocenters. The lowest BCUT2D eigenvalue weighted by Crippen LogP contribution is -2.26. The maximum Gasteiger partial charge on any atom is 0.407 e. The molecule has 0 radical (unpaired) electrons. The van der Waals surface area contributed by atoms with Gasteiger partial charge in [-0.15, -0.1) is 0 Å². The zero-order valence-corrected chi connectivity index (χ0v) is 17.9. The number of fused-ring (bicyclic) bond motifs is 3. The van der Waals surface area contributed by atoms with Crippen LogP contribution in [-0.2, 0) is 4.74 Å². The Morgan fingerprint density at radius 2 is 1.62 bits per heavy atom. The van der Waals surface area contributed by atoms with Crippen LogP contribution in [0.2, 0.25) is 5.02 Å². The summed E-state index contributed by atoms with van der Waals surface area (Å²) in [7, 11) is 0. The smallest absolute Gasteiger partial charge is 0.407 e. The standard InChI is InChI=1S/C26H20ClNO4/c27-24-17(9-7-14-22(24)25(29)30)8-5-6-15-28-26(31)32-16-23-20-12-3-1-10-18(20)19-11-2-4-13-21(19)23/h1-4,7,9-14,23H,6,15-16H2,(H,28,31)(H,29,30). The van der Waals surface area contributed by atoms with Crippen molar-refractivity contribution in [2.45, 2.75) is 12.3 Å². The molecule has 1 aliphatic rings. The van der Waals surface area contributed by atoms with Crippen LogP contribution in [0.3, 0.4) is 0 Å². The summed E-state index contributed by atoms with van der Waals surface area (Å²) >= 11 is 6.07. The van der Waals surface area contributed by atoms with Gasteiger partial charge >= 0.3 is 12.1 Å². The summed E-state index contributed by atoms with van der Waals surface area (Å²) in [4.78, 5) is 23.3. The molecule has 5 nitrogen and oxygen atoms in total. The van der Waals surface area contributed by atoms with Crippen LogP contribution < -0.4 is 5.32 Å². The van der Waals surface area contributed by atoms with Crippen molar-refractivity contribution in [3.8, 4) is 23.0 Å². The van der Waals surface area contributed by atoms with Gasteiger partial charge in [-0.1, -0.05) is 78.0 Å². The zero-order valence-electron chi connectivity index (χ0n) is 17.1. The molecule has 0 bridgehead atoms. The molecule has 4 rings (SSSR count). The van der Waals surface area contributed by atoms with Crippen LogP contribution in [0, 0.1) is 11.8 Å². The largest absolute Gasteiger partial charge is 0.478 e. The molecule has 160 valence electrons. The van der Waals surface area contributed by atoms with Gasteiger partial charge in [0.05, 0.1) is 10.6 Å². The lowest BCUT2D eigenvalue weighted by Gasteiger charge is -2.14. The Morgan fingerprint density at radius 3 is 2.28 bits per heavy atom. The average molecular weight is 446 g/mol. The van der Waals surface area contributed by atoms with E-state index in [1.165, 1.54) is 17.2 Å². The number of rotatable bonds is 5. The van der Waals surface area contributed by atoms with E-state index in [9.17, 15) is 9.59 Å². The minimum Gasteiger partial charge on any atom is -0.478 e. The van der Waals surface area contributed by atoms with Gasteiger partial charge in [-0.05, 0) is 34.4 Å². The second kappa shape index (κ2) is 9.59. The van der Waals surface area contributed by atoms with Gasteiger partial charge in [-0.3, -0.25) is 0 Å². The average Bonchev–Trinajstić information content (AvgIpc) is 3.12. The van der Waals surface area contributed by atoms with Crippen molar-refractivity contribution in [3.05, 3.63) is 94.0 Å². The van der Waals surface area contributed by atoms with E-state index in [0.717, 1.165) is 11.1 Å². The Morgan fingerprint density at radius 1 is 0.969 bits per heavy atom. The minimum atomic E-state index is -1.10. The maximum atomic E-state index is 12.2. The van der Waals surface area contributed by atoms with Crippen LogP contribution in [-0.4, -0.2) is 30.3 Å². The number of hydrogen-bond acceptors (Lipinski definition) is 3. The van der Waals surface area contributed by atoms with E-state index < -0.39 is 12.1 Å². The number of carbonyl (C=O) groups excluding carboxylic acids is 1. The van der Waals surface area contributed by atoms with Gasteiger partial charge < -0.3 is 15.2 Å². The Hall–Kier alpha value is -3.75. The molecule has 1 aliphatic carbocycles. The quantitative estimate of drug-likeness (QED) is 0.411. The number of alkyl carbamates (subject to hydrolysis) is 1. The Bertz CT molecular complexity index is 1200. The maximum absolute atomic E-state index is 12.2. The van der Waals surface area contributed by atoms with Crippen LogP contribution in [0.4, 0.5) is 4.79 Å². The van der Waals surface area contributed by atoms with Crippen molar-refractivity contribution in [2.24, 2.45) is 0 Å². The van der Waals surface area contributed by atoms with Gasteiger partial charge in [0.2, 0.25) is 0 Å². The second-order valence-electron chi connectivity index (χ2n) is 7.28. The number of aromatic carboxylic acids is 1. The molecule has 32 heavy (non-hydrogen) atoms. The molecule has 3 aromatic rings. The molecule has 0 fully saturated rings. The summed E-state index contributed by atoms with van der Waals surface area (Å²) in [6, 6.07) is 21.0. The first-order valence-electron chi connectivity index (χ1n) is 10.2. The second-order valence-corrected chi connectivity index (χ2v) is 7.65. The SMILES string of the molecule is O=C(NCCC#Cc1cccc(C(=O)O)c1Cl)OCC1c2ccccc2-c2ccccc21. The van der Waals surface area contributed by atoms with Crippen molar-refractivity contribution < 1.29 is 19.4 Å². The van der Waals surface area contributed by atoms with Gasteiger partial charge in [-0.25, -0.2) is 9.59 Å². The molecule has 0 saturated carbocycles. The number of hydrogen-bond donors (Lipinski definition) is 2. The van der Waals surface area contributed by atoms with Crippen LogP contribution in [0.5, 0.6) is 0 Å². The Labute approximate surface area is 191 Å². The number of carboxylic acid groups (broad SMARTS) is 1. The van der Waals surface area contributed by atoms with Crippen LogP contribution in [0.1, 0.15) is 39.4 Å². The number of ether oxygens (including phenoxy) is 1. The zero-order chi connectivity index (χ0) is 22.5. The summed E-state index contributed by atoms with van der Waals surface area (Å²) in [5, 5.41) is 11.9. The normalized spacial score (nSPS) is 11.7. The predicted molar refractivity (Wildman–Crippen MR) is 123 cm³/mol. The van der Waals surface area contributed by atoms with E-state index in [1.54, 1.807) is 12.1 Å². The fourth-order valence-corrected chi connectivity index (χ4v) is 4.08. The van der Waals surface area contributed by atoms with E-state index in [2.05, 4.69) is 41.4 Å². The fourth-order valence-electron chi connectivity index (χ4n) is 3.83. The first kappa shape index (κ1) is 21.5. The third-order valence-electron chi connectivity index (χ3n) is 5.32. The predicted octanol–water partition coefficient (Wildman–Crippen LogP) is 5.32. The molecule has 0 aliphatic heterocycles. The van der Waals surface area contributed by atoms with Crippen molar-refractivity contribution in [1.82, 2.24) is 5.32 Å². The van der Waals surface area contributed by atoms with Gasteiger partial charge in [0, 0.05) is 24.4 Å². The monoisotopic (exact) mass is 445 g/mol. The molecule has 1 amide bonds. The summed E-state index contributed by atoms with van der Waals surface area (Å²) in [5.74, 6) is 4.64. The molecule has 0 atom stereocenters. The lowest BCUT2D eigenvalue weighted by atomic mass is 9.98. The molecule has 6 heteroatoms. The highest BCUT2D eigenvalue weighted by Gasteiger charge is 2.28. The van der Waals surface area contributed by atoms with Crippen molar-refractivity contribution >= 4 is 23.7 Å². The third kappa shape index (κ3) is 4.46. The van der Waals surface area contributed by atoms with Crippen LogP contribution in [0.15, 0.2) is 66.7 Å². The third-order valence-corrected chi connectivity index (χ3v) is 5.72. The van der Waals surface area contributed by atoms with E-state index in [0.29, 0.717) is 18.5 Å². The lowest BCUT2D eigenvalue weighted by molar-refractivity contribution is 0.0697. The van der Waals surface area contributed by atoms with Gasteiger partial charge in [0.15, 0.2) is 0 Å². The summed E-state index contributed by atoms with van der Waals surface area (Å²) in [6.07, 6.45) is -0.128. The molecule has 0 spiro atoms. The molecular weight excluding hydrogens is 426 g/mol. The number of halogens is 1. The highest BCUT2D eigenvalue weighted by molar-refractivity contribution is 6.34. The molecule has 2 N–H and O–H groups in total. The first-order chi connectivity index (χ1) is 15.6. The Kier molecular flexibility index (Phi) is 6.44. The highest BCUT2D eigenvalue weighted by Crippen LogP contribution is 2.44. The van der Waals surface area contributed by atoms with E-state index in [1.807, 2.05) is 24.3 Å². The number of amides is 1. The van der Waals surface area contributed by atoms with Crippen LogP contribution in [0.25, 0.3) is 11.1 Å². The molecule has 0 aromatic heterocycles. The van der Waals surface area contributed by atoms with E-state index in [-0.39, 0.29) is 23.1 Å². The molecule has 0 heterocycles. The molecule has 3 aromatic carbocycles. The highest BCUT2D eigenvalue weighted by atomic mass is 35.5. The van der Waals surface area contributed by atoms with Crippen molar-refractivity contribution in [2.75, 3.05) is 13.2 Å². The van der Waals surface area contributed by atoms with Crippen molar-refractivity contribution in [1.29, 1.82) is 0 Å². The molecular formula is C26H20ClNO4. The van der Waals surface area contributed by atoms with Gasteiger partial charge in [0.1, 0.15) is 6.61 Å². The topological polar surface area (TPSA) is 75.6 Å². The number of carboxylic acids is 1. The molecule has 0 saturated heterocycles. The van der Waals surface area contributed by atoms with Crippen LogP contribution >= 0.6 is 11.6 Å². The first-order valence-corrected chi connectivity index (χ1v) is 10.5. The van der Waals surface area contributed by atoms with Crippen molar-refractivity contribution in [3.63, 3.8) is 0 Å². The number of carbonyl (C=O) groups is 2. The minimum absolute atomic E-state index is 0.00947. The number of benzene rings is 3. The van der Waals surface area contributed by atoms with Gasteiger partial charge in [-0.2, -0.15) is 0 Å². The fraction of sp³-hybridized carbons (Fsp3) is 0.154. The summed E-state index contributed by atoms with van der Waals surface area (Å²) in [6.45, 7) is 0.559. The Balaban J connectivity index is 1.30. The summed E-state index contributed by atoms with van der Waals surface area (Å²) < 4.78 is 5.48. The van der Waals surface area contributed by atoms with E-state index >= 15 is 0 Å². The van der Waals surface area contributed by atoms with Gasteiger partial charge in [0.25, 0.3) is 0 Å². The van der Waals surface area contributed by atoms with E-state index in [4.69, 9.17) is 21.4 Å². The number of nitrogens with one attached hydrogen (secondary N) is 1. The summed E-state index contributed by atoms with van der Waals surface area (Å²) in [5.41, 5.74) is 5.12.